The van der Waals surface area contributed by atoms with E-state index in [1.54, 1.807) is 20.8 Å². The topological polar surface area (TPSA) is 87.7 Å². The van der Waals surface area contributed by atoms with Crippen LogP contribution in [0.25, 0.3) is 0 Å². The molecular weight excluding hydrogens is 406 g/mol. The molecule has 1 aliphatic heterocycles. The summed E-state index contributed by atoms with van der Waals surface area (Å²) in [6.07, 6.45) is -0.183. The Balaban J connectivity index is 1.65. The molecule has 0 fully saturated rings. The SMILES string of the molecule is CC(NC(=O)CNC(=O)C1Cc2ccccc2CN1C(=O)OC(C)(C)C)c1ccccc1. The third kappa shape index (κ3) is 6.09. The van der Waals surface area contributed by atoms with Crippen LogP contribution in [0.3, 0.4) is 0 Å². The number of hydrogen-bond donors (Lipinski definition) is 2. The first-order chi connectivity index (χ1) is 15.1. The van der Waals surface area contributed by atoms with Crippen molar-refractivity contribution in [3.63, 3.8) is 0 Å². The Kier molecular flexibility index (Phi) is 7.18. The minimum absolute atomic E-state index is 0.170. The fourth-order valence-corrected chi connectivity index (χ4v) is 3.67. The number of amides is 3. The van der Waals surface area contributed by atoms with E-state index in [2.05, 4.69) is 10.6 Å². The number of carbonyl (C=O) groups excluding carboxylic acids is 3. The Morgan fingerprint density at radius 3 is 2.31 bits per heavy atom. The van der Waals surface area contributed by atoms with E-state index in [1.165, 1.54) is 4.90 Å². The van der Waals surface area contributed by atoms with E-state index < -0.39 is 17.7 Å². The van der Waals surface area contributed by atoms with Crippen molar-refractivity contribution in [2.45, 2.75) is 58.3 Å². The van der Waals surface area contributed by atoms with Crippen molar-refractivity contribution in [1.29, 1.82) is 0 Å². The molecule has 1 aliphatic rings. The van der Waals surface area contributed by atoms with Crippen LogP contribution in [0.15, 0.2) is 54.6 Å². The third-order valence-corrected chi connectivity index (χ3v) is 5.28. The first kappa shape index (κ1) is 23.3. The minimum atomic E-state index is -0.751. The number of hydrogen-bond acceptors (Lipinski definition) is 4. The van der Waals surface area contributed by atoms with Crippen LogP contribution in [0.2, 0.25) is 0 Å². The predicted octanol–water partition coefficient (Wildman–Crippen LogP) is 3.34. The predicted molar refractivity (Wildman–Crippen MR) is 122 cm³/mol. The summed E-state index contributed by atoms with van der Waals surface area (Å²) in [5.74, 6) is -0.678. The van der Waals surface area contributed by atoms with Crippen molar-refractivity contribution < 1.29 is 19.1 Å². The van der Waals surface area contributed by atoms with E-state index in [1.807, 2.05) is 61.5 Å². The lowest BCUT2D eigenvalue weighted by Gasteiger charge is -2.36. The second-order valence-electron chi connectivity index (χ2n) is 9.01. The van der Waals surface area contributed by atoms with Crippen LogP contribution in [-0.2, 0) is 27.3 Å². The molecule has 0 saturated carbocycles. The highest BCUT2D eigenvalue weighted by atomic mass is 16.6. The van der Waals surface area contributed by atoms with E-state index >= 15 is 0 Å². The lowest BCUT2D eigenvalue weighted by atomic mass is 9.94. The number of benzene rings is 2. The van der Waals surface area contributed by atoms with Gasteiger partial charge in [0.2, 0.25) is 11.8 Å². The second kappa shape index (κ2) is 9.85. The summed E-state index contributed by atoms with van der Waals surface area (Å²) in [6, 6.07) is 16.4. The van der Waals surface area contributed by atoms with Crippen molar-refractivity contribution in [2.24, 2.45) is 0 Å². The number of ether oxygens (including phenoxy) is 1. The average molecular weight is 438 g/mol. The molecule has 7 heteroatoms. The number of fused-ring (bicyclic) bond motifs is 1. The first-order valence-corrected chi connectivity index (χ1v) is 10.8. The zero-order valence-electron chi connectivity index (χ0n) is 19.1. The molecule has 1 heterocycles. The van der Waals surface area contributed by atoms with Gasteiger partial charge in [0.1, 0.15) is 11.6 Å². The molecule has 170 valence electrons. The molecule has 3 rings (SSSR count). The number of rotatable bonds is 5. The van der Waals surface area contributed by atoms with E-state index in [-0.39, 0.29) is 30.9 Å². The molecule has 2 unspecified atom stereocenters. The number of nitrogens with one attached hydrogen (secondary N) is 2. The van der Waals surface area contributed by atoms with Gasteiger partial charge in [-0.05, 0) is 44.4 Å². The van der Waals surface area contributed by atoms with Crippen molar-refractivity contribution in [1.82, 2.24) is 15.5 Å². The molecule has 0 radical (unpaired) electrons. The number of nitrogens with zero attached hydrogens (tertiary/aromatic N) is 1. The Morgan fingerprint density at radius 1 is 1.03 bits per heavy atom. The standard InChI is InChI=1S/C25H31N3O4/c1-17(18-10-6-5-7-11-18)27-22(29)15-26-23(30)21-14-19-12-8-9-13-20(19)16-28(21)24(31)32-25(2,3)4/h5-13,17,21H,14-16H2,1-4H3,(H,26,30)(H,27,29). The molecule has 2 N–H and O–H groups in total. The highest BCUT2D eigenvalue weighted by Gasteiger charge is 2.37. The maximum Gasteiger partial charge on any atom is 0.411 e. The van der Waals surface area contributed by atoms with Gasteiger partial charge in [0.15, 0.2) is 0 Å². The Labute approximate surface area is 189 Å². The molecule has 2 aromatic rings. The smallest absolute Gasteiger partial charge is 0.411 e. The van der Waals surface area contributed by atoms with Crippen LogP contribution < -0.4 is 10.6 Å². The van der Waals surface area contributed by atoms with Gasteiger partial charge in [0.05, 0.1) is 19.1 Å². The van der Waals surface area contributed by atoms with Gasteiger partial charge in [-0.25, -0.2) is 4.79 Å². The summed E-state index contributed by atoms with van der Waals surface area (Å²) in [6.45, 7) is 7.36. The zero-order valence-corrected chi connectivity index (χ0v) is 19.1. The van der Waals surface area contributed by atoms with E-state index in [0.717, 1.165) is 16.7 Å². The Hall–Kier alpha value is -3.35. The highest BCUT2D eigenvalue weighted by molar-refractivity contribution is 5.90. The molecule has 32 heavy (non-hydrogen) atoms. The summed E-state index contributed by atoms with van der Waals surface area (Å²) in [4.78, 5) is 39.7. The summed E-state index contributed by atoms with van der Waals surface area (Å²) in [5.41, 5.74) is 2.29. The van der Waals surface area contributed by atoms with Crippen LogP contribution >= 0.6 is 0 Å². The summed E-state index contributed by atoms with van der Waals surface area (Å²) < 4.78 is 5.53. The van der Waals surface area contributed by atoms with Crippen LogP contribution in [0, 0.1) is 0 Å². The Morgan fingerprint density at radius 2 is 1.66 bits per heavy atom. The molecule has 0 aromatic heterocycles. The van der Waals surface area contributed by atoms with Gasteiger partial charge in [-0.15, -0.1) is 0 Å². The van der Waals surface area contributed by atoms with Gasteiger partial charge in [-0.3, -0.25) is 14.5 Å². The highest BCUT2D eigenvalue weighted by Crippen LogP contribution is 2.25. The van der Waals surface area contributed by atoms with Crippen LogP contribution in [-0.4, -0.2) is 41.0 Å². The molecule has 0 aliphatic carbocycles. The van der Waals surface area contributed by atoms with Crippen molar-refractivity contribution in [3.8, 4) is 0 Å². The van der Waals surface area contributed by atoms with Gasteiger partial charge < -0.3 is 15.4 Å². The summed E-state index contributed by atoms with van der Waals surface area (Å²) in [5, 5.41) is 5.56. The van der Waals surface area contributed by atoms with Crippen LogP contribution in [0.1, 0.15) is 50.4 Å². The van der Waals surface area contributed by atoms with Crippen molar-refractivity contribution in [3.05, 3.63) is 71.3 Å². The van der Waals surface area contributed by atoms with E-state index in [4.69, 9.17) is 4.74 Å². The van der Waals surface area contributed by atoms with Crippen molar-refractivity contribution >= 4 is 17.9 Å². The van der Waals surface area contributed by atoms with Gasteiger partial charge in [-0.1, -0.05) is 54.6 Å². The molecule has 7 nitrogen and oxygen atoms in total. The van der Waals surface area contributed by atoms with Gasteiger partial charge in [0.25, 0.3) is 0 Å². The molecule has 0 spiro atoms. The van der Waals surface area contributed by atoms with E-state index in [0.29, 0.717) is 6.42 Å². The molecule has 2 aromatic carbocycles. The normalized spacial score (nSPS) is 16.5. The van der Waals surface area contributed by atoms with E-state index in [9.17, 15) is 14.4 Å². The van der Waals surface area contributed by atoms with Crippen LogP contribution in [0.4, 0.5) is 4.79 Å². The maximum atomic E-state index is 13.0. The lowest BCUT2D eigenvalue weighted by molar-refractivity contribution is -0.130. The fraction of sp³-hybridized carbons (Fsp3) is 0.400. The van der Waals surface area contributed by atoms with Gasteiger partial charge in [0, 0.05) is 6.42 Å². The third-order valence-electron chi connectivity index (χ3n) is 5.28. The van der Waals surface area contributed by atoms with Crippen molar-refractivity contribution in [2.75, 3.05) is 6.54 Å². The monoisotopic (exact) mass is 437 g/mol. The fourth-order valence-electron chi connectivity index (χ4n) is 3.67. The molecule has 3 amide bonds. The van der Waals surface area contributed by atoms with Gasteiger partial charge >= 0.3 is 6.09 Å². The van der Waals surface area contributed by atoms with Crippen LogP contribution in [0.5, 0.6) is 0 Å². The average Bonchev–Trinajstić information content (AvgIpc) is 2.76. The zero-order chi connectivity index (χ0) is 23.3. The first-order valence-electron chi connectivity index (χ1n) is 10.8. The number of carbonyl (C=O) groups is 3. The van der Waals surface area contributed by atoms with Gasteiger partial charge in [-0.2, -0.15) is 0 Å². The molecular formula is C25H31N3O4. The summed E-state index contributed by atoms with van der Waals surface area (Å²) in [7, 11) is 0. The largest absolute Gasteiger partial charge is 0.444 e. The maximum absolute atomic E-state index is 13.0. The molecule has 0 bridgehead atoms. The molecule has 0 saturated heterocycles. The Bertz CT molecular complexity index is 969. The quantitative estimate of drug-likeness (QED) is 0.751. The molecule has 2 atom stereocenters. The minimum Gasteiger partial charge on any atom is -0.444 e. The lowest BCUT2D eigenvalue weighted by Crippen LogP contribution is -2.54. The summed E-state index contributed by atoms with van der Waals surface area (Å²) >= 11 is 0. The second-order valence-corrected chi connectivity index (χ2v) is 9.01.